The van der Waals surface area contributed by atoms with Gasteiger partial charge in [0.05, 0.1) is 13.1 Å². The minimum Gasteiger partial charge on any atom is -0.492 e. The predicted octanol–water partition coefficient (Wildman–Crippen LogP) is 3.92. The zero-order valence-corrected chi connectivity index (χ0v) is 17.3. The van der Waals surface area contributed by atoms with Gasteiger partial charge < -0.3 is 15.0 Å². The maximum atomic E-state index is 12.7. The summed E-state index contributed by atoms with van der Waals surface area (Å²) in [5.41, 5.74) is 2.02. The van der Waals surface area contributed by atoms with Gasteiger partial charge in [0.1, 0.15) is 18.4 Å². The van der Waals surface area contributed by atoms with Gasteiger partial charge in [0.15, 0.2) is 0 Å². The summed E-state index contributed by atoms with van der Waals surface area (Å²) < 4.78 is 7.53. The lowest BCUT2D eigenvalue weighted by Crippen LogP contribution is -2.40. The molecule has 1 amide bonds. The van der Waals surface area contributed by atoms with Gasteiger partial charge in [-0.1, -0.05) is 23.7 Å². The van der Waals surface area contributed by atoms with Gasteiger partial charge >= 0.3 is 0 Å². The van der Waals surface area contributed by atoms with Crippen molar-refractivity contribution in [3.05, 3.63) is 77.6 Å². The molecule has 3 rings (SSSR count). The van der Waals surface area contributed by atoms with Crippen LogP contribution in [-0.4, -0.2) is 46.8 Å². The summed E-state index contributed by atoms with van der Waals surface area (Å²) in [5, 5.41) is 8.17. The van der Waals surface area contributed by atoms with Crippen LogP contribution in [0, 0.1) is 0 Å². The van der Waals surface area contributed by atoms with E-state index in [0.29, 0.717) is 24.7 Å². The Labute approximate surface area is 176 Å². The summed E-state index contributed by atoms with van der Waals surface area (Å²) in [6.45, 7) is 3.45. The fourth-order valence-electron chi connectivity index (χ4n) is 2.92. The van der Waals surface area contributed by atoms with Gasteiger partial charge in [-0.15, -0.1) is 0 Å². The van der Waals surface area contributed by atoms with Crippen molar-refractivity contribution in [2.45, 2.75) is 19.5 Å². The van der Waals surface area contributed by atoms with Gasteiger partial charge in [-0.2, -0.15) is 5.10 Å². The lowest BCUT2D eigenvalue weighted by molar-refractivity contribution is -0.130. The zero-order chi connectivity index (χ0) is 20.6. The van der Waals surface area contributed by atoms with Crippen LogP contribution < -0.4 is 10.1 Å². The van der Waals surface area contributed by atoms with E-state index < -0.39 is 0 Å². The third kappa shape index (κ3) is 6.26. The van der Waals surface area contributed by atoms with Gasteiger partial charge in [0.25, 0.3) is 0 Å². The number of nitrogens with one attached hydrogen (secondary N) is 1. The van der Waals surface area contributed by atoms with Crippen LogP contribution in [0.25, 0.3) is 0 Å². The number of likely N-dealkylation sites (N-methyl/N-ethyl adjacent to an activating group) is 1. The molecule has 0 aliphatic rings. The summed E-state index contributed by atoms with van der Waals surface area (Å²) >= 11 is 5.86. The number of carbonyl (C=O) groups is 1. The van der Waals surface area contributed by atoms with Crippen molar-refractivity contribution in [3.8, 4) is 5.75 Å². The van der Waals surface area contributed by atoms with E-state index in [2.05, 4.69) is 10.4 Å². The Hall–Kier alpha value is -2.99. The molecule has 1 atom stereocenters. The number of halogens is 1. The first-order valence-electron chi connectivity index (χ1n) is 9.47. The SMILES string of the molecule is CC(Nc1cccc(Cn2cccn2)c1)C(=O)N(C)CCOc1ccc(Cl)cc1. The monoisotopic (exact) mass is 412 g/mol. The van der Waals surface area contributed by atoms with Gasteiger partial charge in [-0.25, -0.2) is 0 Å². The van der Waals surface area contributed by atoms with Crippen molar-refractivity contribution in [1.29, 1.82) is 0 Å². The van der Waals surface area contributed by atoms with E-state index in [9.17, 15) is 4.79 Å². The van der Waals surface area contributed by atoms with E-state index in [-0.39, 0.29) is 11.9 Å². The molecule has 29 heavy (non-hydrogen) atoms. The number of ether oxygens (including phenoxy) is 1. The van der Waals surface area contributed by atoms with Crippen molar-refractivity contribution in [3.63, 3.8) is 0 Å². The topological polar surface area (TPSA) is 59.4 Å². The number of amides is 1. The van der Waals surface area contributed by atoms with E-state index in [4.69, 9.17) is 16.3 Å². The molecule has 0 saturated carbocycles. The van der Waals surface area contributed by atoms with Crippen LogP contribution in [0.5, 0.6) is 5.75 Å². The summed E-state index contributed by atoms with van der Waals surface area (Å²) in [4.78, 5) is 14.3. The highest BCUT2D eigenvalue weighted by Gasteiger charge is 2.17. The molecule has 0 bridgehead atoms. The molecule has 1 unspecified atom stereocenters. The minimum atomic E-state index is -0.351. The standard InChI is InChI=1S/C22H25ClN4O2/c1-17(22(28)26(2)13-14-29-21-9-7-19(23)8-10-21)25-20-6-3-5-18(15-20)16-27-12-4-11-24-27/h3-12,15,17,25H,13-14,16H2,1-2H3. The molecule has 0 fully saturated rings. The number of benzene rings is 2. The maximum absolute atomic E-state index is 12.7. The average Bonchev–Trinajstić information content (AvgIpc) is 3.22. The van der Waals surface area contributed by atoms with E-state index >= 15 is 0 Å². The average molecular weight is 413 g/mol. The van der Waals surface area contributed by atoms with Crippen LogP contribution in [0.2, 0.25) is 5.02 Å². The Bertz CT molecular complexity index is 913. The molecule has 152 valence electrons. The normalized spacial score (nSPS) is 11.7. The highest BCUT2D eigenvalue weighted by Crippen LogP contribution is 2.16. The van der Waals surface area contributed by atoms with Crippen molar-refractivity contribution >= 4 is 23.2 Å². The number of rotatable bonds is 9. The third-order valence-corrected chi connectivity index (χ3v) is 4.72. The number of carbonyl (C=O) groups excluding carboxylic acids is 1. The fourth-order valence-corrected chi connectivity index (χ4v) is 3.05. The highest BCUT2D eigenvalue weighted by molar-refractivity contribution is 6.30. The van der Waals surface area contributed by atoms with Crippen LogP contribution in [0.1, 0.15) is 12.5 Å². The Morgan fingerprint density at radius 3 is 2.76 bits per heavy atom. The molecule has 1 N–H and O–H groups in total. The van der Waals surface area contributed by atoms with E-state index in [1.807, 2.05) is 60.3 Å². The first-order valence-corrected chi connectivity index (χ1v) is 9.85. The van der Waals surface area contributed by atoms with Crippen LogP contribution >= 0.6 is 11.6 Å². The van der Waals surface area contributed by atoms with Gasteiger partial charge in [0.2, 0.25) is 5.91 Å². The largest absolute Gasteiger partial charge is 0.492 e. The predicted molar refractivity (Wildman–Crippen MR) is 115 cm³/mol. The molecular formula is C22H25ClN4O2. The van der Waals surface area contributed by atoms with Crippen LogP contribution in [-0.2, 0) is 11.3 Å². The second kappa shape index (κ2) is 9.98. The summed E-state index contributed by atoms with van der Waals surface area (Å²) in [5.74, 6) is 0.734. The zero-order valence-electron chi connectivity index (χ0n) is 16.6. The van der Waals surface area contributed by atoms with Gasteiger partial charge in [-0.3, -0.25) is 9.48 Å². The molecule has 3 aromatic rings. The first kappa shape index (κ1) is 20.7. The van der Waals surface area contributed by atoms with Crippen molar-refractivity contribution < 1.29 is 9.53 Å². The maximum Gasteiger partial charge on any atom is 0.244 e. The number of aromatic nitrogens is 2. The summed E-state index contributed by atoms with van der Waals surface area (Å²) in [6, 6.07) is 16.7. The van der Waals surface area contributed by atoms with Crippen molar-refractivity contribution in [2.24, 2.45) is 0 Å². The van der Waals surface area contributed by atoms with Crippen molar-refractivity contribution in [1.82, 2.24) is 14.7 Å². The molecule has 2 aromatic carbocycles. The molecule has 1 heterocycles. The molecule has 0 aliphatic heterocycles. The van der Waals surface area contributed by atoms with Gasteiger partial charge in [0, 0.05) is 30.2 Å². The number of anilines is 1. The molecule has 0 aliphatic carbocycles. The number of hydrogen-bond donors (Lipinski definition) is 1. The lowest BCUT2D eigenvalue weighted by atomic mass is 10.2. The Kier molecular flexibility index (Phi) is 7.14. The molecule has 7 heteroatoms. The Balaban J connectivity index is 1.48. The fraction of sp³-hybridized carbons (Fsp3) is 0.273. The first-order chi connectivity index (χ1) is 14.0. The molecule has 0 radical (unpaired) electrons. The third-order valence-electron chi connectivity index (χ3n) is 4.47. The second-order valence-electron chi connectivity index (χ2n) is 6.83. The number of nitrogens with zero attached hydrogens (tertiary/aromatic N) is 3. The number of hydrogen-bond acceptors (Lipinski definition) is 4. The van der Waals surface area contributed by atoms with Crippen LogP contribution in [0.4, 0.5) is 5.69 Å². The summed E-state index contributed by atoms with van der Waals surface area (Å²) in [7, 11) is 1.78. The summed E-state index contributed by atoms with van der Waals surface area (Å²) in [6.07, 6.45) is 3.68. The van der Waals surface area contributed by atoms with Crippen LogP contribution in [0.3, 0.4) is 0 Å². The van der Waals surface area contributed by atoms with E-state index in [1.165, 1.54) is 0 Å². The van der Waals surface area contributed by atoms with Crippen LogP contribution in [0.15, 0.2) is 67.0 Å². The Morgan fingerprint density at radius 2 is 2.03 bits per heavy atom. The van der Waals surface area contributed by atoms with Gasteiger partial charge in [-0.05, 0) is 55.0 Å². The molecular weight excluding hydrogens is 388 g/mol. The second-order valence-corrected chi connectivity index (χ2v) is 7.27. The smallest absolute Gasteiger partial charge is 0.244 e. The molecule has 6 nitrogen and oxygen atoms in total. The molecule has 1 aromatic heterocycles. The Morgan fingerprint density at radius 1 is 1.24 bits per heavy atom. The lowest BCUT2D eigenvalue weighted by Gasteiger charge is -2.23. The molecule has 0 saturated heterocycles. The van der Waals surface area contributed by atoms with E-state index in [1.54, 1.807) is 30.3 Å². The highest BCUT2D eigenvalue weighted by atomic mass is 35.5. The molecule has 0 spiro atoms. The quantitative estimate of drug-likeness (QED) is 0.578. The van der Waals surface area contributed by atoms with E-state index in [0.717, 1.165) is 17.0 Å². The van der Waals surface area contributed by atoms with Crippen molar-refractivity contribution in [2.75, 3.05) is 25.5 Å². The minimum absolute atomic E-state index is 0.00202.